The van der Waals surface area contributed by atoms with Crippen molar-refractivity contribution in [1.82, 2.24) is 9.80 Å². The van der Waals surface area contributed by atoms with E-state index in [1.54, 1.807) is 22.0 Å². The molecule has 15 heteroatoms. The van der Waals surface area contributed by atoms with Crippen molar-refractivity contribution in [3.05, 3.63) is 128 Å². The molecule has 2 amide bonds. The molecule has 67 heavy (non-hydrogen) atoms. The summed E-state index contributed by atoms with van der Waals surface area (Å²) in [5.74, 6) is -2.91. The number of rotatable bonds is 12. The lowest BCUT2D eigenvalue weighted by atomic mass is 9.96. The van der Waals surface area contributed by atoms with Crippen molar-refractivity contribution in [3.63, 3.8) is 0 Å². The van der Waals surface area contributed by atoms with Gasteiger partial charge in [0.1, 0.15) is 0 Å². The first-order valence-electron chi connectivity index (χ1n) is 22.5. The summed E-state index contributed by atoms with van der Waals surface area (Å²) in [6.07, 6.45) is 18.7. The Morgan fingerprint density at radius 1 is 0.567 bits per heavy atom. The maximum Gasteiger partial charge on any atom is 0.308 e. The number of halogens is 4. The van der Waals surface area contributed by atoms with E-state index in [4.69, 9.17) is 46.4 Å². The summed E-state index contributed by atoms with van der Waals surface area (Å²) >= 11 is 30.2. The second-order valence-corrected chi connectivity index (χ2v) is 19.7. The highest BCUT2D eigenvalue weighted by molar-refractivity contribution is 7.99. The van der Waals surface area contributed by atoms with Crippen LogP contribution < -0.4 is 9.80 Å². The molecular weight excluding hydrogens is 950 g/mol. The number of carboxylic acids is 2. The summed E-state index contributed by atoms with van der Waals surface area (Å²) in [5.41, 5.74) is 5.73. The van der Waals surface area contributed by atoms with E-state index in [-0.39, 0.29) is 31.9 Å². The second-order valence-electron chi connectivity index (χ2n) is 17.1. The number of anilines is 2. The maximum atomic E-state index is 13.4. The molecule has 4 aliphatic heterocycles. The van der Waals surface area contributed by atoms with E-state index < -0.39 is 23.8 Å². The smallest absolute Gasteiger partial charge is 0.308 e. The van der Waals surface area contributed by atoms with Gasteiger partial charge >= 0.3 is 11.9 Å². The minimum absolute atomic E-state index is 0.161. The number of benzene rings is 4. The topological polar surface area (TPSA) is 122 Å². The molecule has 4 aliphatic rings. The van der Waals surface area contributed by atoms with Gasteiger partial charge in [-0.2, -0.15) is 0 Å². The van der Waals surface area contributed by atoms with Gasteiger partial charge in [-0.15, -0.1) is 0 Å². The molecule has 0 aliphatic carbocycles. The molecule has 0 spiro atoms. The van der Waals surface area contributed by atoms with Crippen LogP contribution in [0.2, 0.25) is 20.1 Å². The lowest BCUT2D eigenvalue weighted by molar-refractivity contribution is -0.142. The van der Waals surface area contributed by atoms with E-state index in [2.05, 4.69) is 22.0 Å². The molecule has 2 fully saturated rings. The summed E-state index contributed by atoms with van der Waals surface area (Å²) in [6, 6.07) is 19.5. The van der Waals surface area contributed by atoms with Gasteiger partial charge in [0.2, 0.25) is 11.8 Å². The zero-order valence-corrected chi connectivity index (χ0v) is 40.5. The molecule has 2 saturated heterocycles. The first kappa shape index (κ1) is 48.3. The Bertz CT molecular complexity index is 2520. The maximum absolute atomic E-state index is 13.4. The number of amides is 2. The van der Waals surface area contributed by atoms with Gasteiger partial charge in [-0.05, 0) is 109 Å². The van der Waals surface area contributed by atoms with Crippen LogP contribution in [-0.4, -0.2) is 96.1 Å². The Morgan fingerprint density at radius 2 is 1.00 bits per heavy atom. The fraction of sp³-hybridized carbons (Fsp3) is 0.308. The molecule has 0 saturated carbocycles. The van der Waals surface area contributed by atoms with Gasteiger partial charge in [0.05, 0.1) is 31.9 Å². The Hall–Kier alpha value is -5.17. The van der Waals surface area contributed by atoms with Crippen molar-refractivity contribution in [1.29, 1.82) is 0 Å². The number of carbonyl (C=O) groups excluding carboxylic acids is 2. The number of aliphatic carboxylic acids is 2. The van der Waals surface area contributed by atoms with Crippen molar-refractivity contribution in [2.24, 2.45) is 11.8 Å². The first-order valence-corrected chi connectivity index (χ1v) is 24.8. The molecule has 0 radical (unpaired) electrons. The SMILES string of the molecule is O=C(O)C1CCCN(c2cccc(-c3cc(Sc4cc(-c5cccc(N6CCCC(C(=O)O)C6)c5)c(C=CC(=O)N5CC=CCC5)c(Cl)c4Cl)c(Cl)c(Cl)c3C=CC(=O)N3CC=CCC3)c2)C1. The van der Waals surface area contributed by atoms with Gasteiger partial charge in [-0.1, -0.05) is 107 Å². The van der Waals surface area contributed by atoms with Crippen molar-refractivity contribution in [3.8, 4) is 22.3 Å². The number of nitrogens with zero attached hydrogens (tertiary/aromatic N) is 4. The summed E-state index contributed by atoms with van der Waals surface area (Å²) in [6.45, 7) is 4.41. The van der Waals surface area contributed by atoms with Crippen molar-refractivity contribution >= 4 is 105 Å². The second kappa shape index (κ2) is 21.8. The van der Waals surface area contributed by atoms with Gasteiger partial charge in [0, 0.05) is 96.8 Å². The monoisotopic (exact) mass is 998 g/mol. The summed E-state index contributed by atoms with van der Waals surface area (Å²) in [7, 11) is 0. The van der Waals surface area contributed by atoms with Gasteiger partial charge in [0.25, 0.3) is 0 Å². The zero-order chi connectivity index (χ0) is 47.2. The normalized spacial score (nSPS) is 18.9. The molecule has 4 aromatic carbocycles. The third-order valence-electron chi connectivity index (χ3n) is 12.8. The fourth-order valence-corrected chi connectivity index (χ4v) is 11.2. The Balaban J connectivity index is 1.22. The van der Waals surface area contributed by atoms with E-state index in [0.717, 1.165) is 48.2 Å². The van der Waals surface area contributed by atoms with Crippen molar-refractivity contribution in [2.45, 2.75) is 48.3 Å². The molecule has 0 bridgehead atoms. The number of hydrogen-bond donors (Lipinski definition) is 2. The van der Waals surface area contributed by atoms with Crippen LogP contribution in [0.5, 0.6) is 0 Å². The molecule has 348 valence electrons. The quantitative estimate of drug-likeness (QED) is 0.106. The van der Waals surface area contributed by atoms with Crippen LogP contribution in [0, 0.1) is 11.8 Å². The predicted octanol–water partition coefficient (Wildman–Crippen LogP) is 12.0. The van der Waals surface area contributed by atoms with E-state index >= 15 is 0 Å². The van der Waals surface area contributed by atoms with Crippen molar-refractivity contribution < 1.29 is 29.4 Å². The van der Waals surface area contributed by atoms with Gasteiger partial charge in [-0.3, -0.25) is 19.2 Å². The molecule has 8 rings (SSSR count). The van der Waals surface area contributed by atoms with Crippen LogP contribution in [0.4, 0.5) is 11.4 Å². The van der Waals surface area contributed by atoms with Gasteiger partial charge in [0.15, 0.2) is 0 Å². The predicted molar refractivity (Wildman–Crippen MR) is 272 cm³/mol. The molecular formula is C52H50Cl4N4O6S. The summed E-state index contributed by atoms with van der Waals surface area (Å²) in [5, 5.41) is 20.6. The largest absolute Gasteiger partial charge is 0.481 e. The van der Waals surface area contributed by atoms with Crippen LogP contribution in [0.3, 0.4) is 0 Å². The lowest BCUT2D eigenvalue weighted by Crippen LogP contribution is -2.38. The highest BCUT2D eigenvalue weighted by Crippen LogP contribution is 2.49. The molecule has 2 atom stereocenters. The van der Waals surface area contributed by atoms with Crippen LogP contribution in [-0.2, 0) is 19.2 Å². The van der Waals surface area contributed by atoms with E-state index in [1.807, 2.05) is 72.8 Å². The molecule has 4 aromatic rings. The van der Waals surface area contributed by atoms with Gasteiger partial charge in [-0.25, -0.2) is 0 Å². The molecule has 0 aromatic heterocycles. The number of carbonyl (C=O) groups is 4. The van der Waals surface area contributed by atoms with Crippen molar-refractivity contribution in [2.75, 3.05) is 62.2 Å². The minimum atomic E-state index is -0.813. The van der Waals surface area contributed by atoms with Crippen LogP contribution >= 0.6 is 58.2 Å². The highest BCUT2D eigenvalue weighted by Gasteiger charge is 2.28. The molecule has 2 N–H and O–H groups in total. The molecule has 10 nitrogen and oxygen atoms in total. The highest BCUT2D eigenvalue weighted by atomic mass is 35.5. The van der Waals surface area contributed by atoms with Crippen LogP contribution in [0.15, 0.2) is 107 Å². The number of piperidine rings is 2. The first-order chi connectivity index (χ1) is 32.4. The third kappa shape index (κ3) is 11.2. The Labute approximate surface area is 415 Å². The van der Waals surface area contributed by atoms with Gasteiger partial charge < -0.3 is 29.8 Å². The number of carboxylic acid groups (broad SMARTS) is 2. The van der Waals surface area contributed by atoms with E-state index in [9.17, 15) is 29.4 Å². The molecule has 2 unspecified atom stereocenters. The fourth-order valence-electron chi connectivity index (χ4n) is 9.07. The lowest BCUT2D eigenvalue weighted by Gasteiger charge is -2.33. The molecule has 4 heterocycles. The van der Waals surface area contributed by atoms with Crippen LogP contribution in [0.1, 0.15) is 49.7 Å². The summed E-state index contributed by atoms with van der Waals surface area (Å²) in [4.78, 5) is 59.6. The minimum Gasteiger partial charge on any atom is -0.481 e. The Kier molecular flexibility index (Phi) is 15.7. The standard InChI is InChI=1S/C52H50Cl4N4O6S/c53-47-39(17-19-45(61)57-21-3-1-4-22-57)41(33-11-7-15-37(27-33)59-25-9-13-35(31-59)51(63)64)29-43(49(47)55)67-44-30-42(34-12-8-16-38(28-34)60-26-10-14-36(32-60)52(65)66)40(48(54)50(44)56)18-20-46(62)58-23-5-2-6-24-58/h1-3,5,7-8,11-12,15-20,27-30,35-36H,4,6,9-10,13-14,21-26,31-32H2,(H,63,64)(H,65,66). The average Bonchev–Trinajstić information content (AvgIpc) is 3.36. The van der Waals surface area contributed by atoms with E-state index in [0.29, 0.717) is 97.2 Å². The van der Waals surface area contributed by atoms with E-state index in [1.165, 1.54) is 23.9 Å². The number of hydrogen-bond acceptors (Lipinski definition) is 7. The summed E-state index contributed by atoms with van der Waals surface area (Å²) < 4.78 is 0. The third-order valence-corrected chi connectivity index (χ3v) is 15.8. The van der Waals surface area contributed by atoms with Crippen LogP contribution in [0.25, 0.3) is 34.4 Å². The zero-order valence-electron chi connectivity index (χ0n) is 36.7. The average molecular weight is 1000 g/mol. The Morgan fingerprint density at radius 3 is 1.39 bits per heavy atom.